The molecule has 27 rings (SSSR count). The Morgan fingerprint density at radius 3 is 1.01 bits per heavy atom. The molecule has 6 aromatic heterocycles. The molecule has 648 valence electrons. The van der Waals surface area contributed by atoms with Gasteiger partial charge in [0.2, 0.25) is 22.2 Å². The third-order valence-corrected chi connectivity index (χ3v) is 26.9. The van der Waals surface area contributed by atoms with Gasteiger partial charge in [-0.3, -0.25) is 13.7 Å². The van der Waals surface area contributed by atoms with Crippen LogP contribution in [0.15, 0.2) is 473 Å². The van der Waals surface area contributed by atoms with Gasteiger partial charge in [-0.2, -0.15) is 0 Å². The summed E-state index contributed by atoms with van der Waals surface area (Å²) < 4.78 is 6.71. The number of H-pyrrole nitrogens is 3. The van der Waals surface area contributed by atoms with E-state index in [0.717, 1.165) is 205 Å². The van der Waals surface area contributed by atoms with E-state index in [9.17, 15) is 15.3 Å². The van der Waals surface area contributed by atoms with E-state index in [4.69, 9.17) is 15.0 Å². The van der Waals surface area contributed by atoms with E-state index in [1.54, 1.807) is 30.6 Å². The number of rotatable bonds is 12. The van der Waals surface area contributed by atoms with E-state index >= 15 is 0 Å². The van der Waals surface area contributed by atoms with E-state index in [2.05, 4.69) is 368 Å². The number of aromatic amines is 3. The van der Waals surface area contributed by atoms with Crippen LogP contribution in [0, 0.1) is 0 Å². The van der Waals surface area contributed by atoms with Gasteiger partial charge in [-0.25, -0.2) is 29.9 Å². The van der Waals surface area contributed by atoms with Crippen molar-refractivity contribution in [1.82, 2.24) is 28.7 Å². The molecule has 0 fully saturated rings. The predicted octanol–water partition coefficient (Wildman–Crippen LogP) is 19.1. The largest absolute Gasteiger partial charge is 1.00 e. The van der Waals surface area contributed by atoms with Gasteiger partial charge in [-0.05, 0) is 295 Å². The van der Waals surface area contributed by atoms with Crippen LogP contribution in [0.4, 0.5) is 0 Å². The second-order valence-corrected chi connectivity index (χ2v) is 35.0. The zero-order valence-corrected chi connectivity index (χ0v) is 77.4. The van der Waals surface area contributed by atoms with Gasteiger partial charge in [0.25, 0.3) is 0 Å². The van der Waals surface area contributed by atoms with Crippen LogP contribution in [0.2, 0.25) is 0 Å². The van der Waals surface area contributed by atoms with Gasteiger partial charge in [0.1, 0.15) is 17.5 Å². The Morgan fingerprint density at radius 1 is 0.199 bits per heavy atom. The fourth-order valence-electron chi connectivity index (χ4n) is 20.4. The summed E-state index contributed by atoms with van der Waals surface area (Å²) in [6.45, 7) is 0. The first-order chi connectivity index (χ1) is 68.2. The Morgan fingerprint density at radius 2 is 0.525 bits per heavy atom. The van der Waals surface area contributed by atoms with Gasteiger partial charge >= 0.3 is 56.6 Å². The first-order valence-corrected chi connectivity index (χ1v) is 46.3. The van der Waals surface area contributed by atoms with Crippen molar-refractivity contribution < 1.29 is 86.9 Å². The van der Waals surface area contributed by atoms with Gasteiger partial charge in [0, 0.05) is 62.7 Å². The molecule has 0 bridgehead atoms. The van der Waals surface area contributed by atoms with Crippen LogP contribution in [0.1, 0.15) is 0 Å². The van der Waals surface area contributed by atoms with E-state index in [1.807, 2.05) is 103 Å². The summed E-state index contributed by atoms with van der Waals surface area (Å²) in [6, 6.07) is 159. The molecule has 0 amide bonds. The summed E-state index contributed by atoms with van der Waals surface area (Å²) in [5.74, 6) is 2.75. The van der Waals surface area contributed by atoms with Crippen LogP contribution >= 0.6 is 0 Å². The first-order valence-electron chi connectivity index (χ1n) is 46.3. The van der Waals surface area contributed by atoms with Crippen LogP contribution in [0.5, 0.6) is 17.2 Å². The summed E-state index contributed by atoms with van der Waals surface area (Å²) >= 11 is 0. The summed E-state index contributed by atoms with van der Waals surface area (Å²) in [5, 5.41) is 55.2. The number of imidazole rings is 3. The summed E-state index contributed by atoms with van der Waals surface area (Å²) in [6.07, 6.45) is 3.61. The van der Waals surface area contributed by atoms with Gasteiger partial charge in [-0.15, -0.1) is 0 Å². The third-order valence-electron chi connectivity index (χ3n) is 26.9. The Balaban J connectivity index is 0.000000120. The fourth-order valence-corrected chi connectivity index (χ4v) is 20.4. The smallest absolute Gasteiger partial charge is 0.868 e. The predicted molar refractivity (Wildman–Crippen MR) is 558 cm³/mol. The second-order valence-electron chi connectivity index (χ2n) is 35.0. The zero-order chi connectivity index (χ0) is 91.8. The van der Waals surface area contributed by atoms with Gasteiger partial charge in [0.15, 0.2) is 12.4 Å². The molecule has 141 heavy (non-hydrogen) atoms. The average Bonchev–Trinajstić information content (AvgIpc) is 1.75. The molecule has 21 aromatic carbocycles. The summed E-state index contributed by atoms with van der Waals surface area (Å²) in [7, 11) is 0. The number of fused-ring (bicyclic) bond motifs is 12. The molecular weight excluding hydrogens is 1710 g/mol. The van der Waals surface area contributed by atoms with Crippen LogP contribution in [0.25, 0.3) is 249 Å². The number of benzene rings is 21. The molecule has 12 nitrogen and oxygen atoms in total. The molecular formula is C126H81Li3N9O3+3. The van der Waals surface area contributed by atoms with E-state index in [1.165, 1.54) is 21.9 Å². The number of nitrogens with zero attached hydrogens (tertiary/aromatic N) is 6. The number of hydrogen-bond acceptors (Lipinski definition) is 6. The Labute approximate surface area is 847 Å². The van der Waals surface area contributed by atoms with Crippen molar-refractivity contribution in [1.29, 1.82) is 0 Å². The number of para-hydroxylation sites is 10. The Bertz CT molecular complexity index is 9540. The Hall–Kier alpha value is -17.0. The Kier molecular flexibility index (Phi) is 23.9. The second kappa shape index (κ2) is 37.8. The summed E-state index contributed by atoms with van der Waals surface area (Å²) in [5.41, 5.74) is 27.1. The maximum atomic E-state index is 13.6. The van der Waals surface area contributed by atoms with Gasteiger partial charge in [-0.1, -0.05) is 285 Å². The molecule has 6 heterocycles. The molecule has 0 radical (unpaired) electrons. The molecule has 3 N–H and O–H groups in total. The number of nitrogens with one attached hydrogen (secondary N) is 3. The fraction of sp³-hybridized carbons (Fsp3) is 0. The third kappa shape index (κ3) is 16.2. The minimum atomic E-state index is -0.00348. The van der Waals surface area contributed by atoms with Crippen LogP contribution in [-0.4, -0.2) is 28.7 Å². The van der Waals surface area contributed by atoms with E-state index in [-0.39, 0.29) is 73.8 Å². The molecule has 0 aliphatic heterocycles. The zero-order valence-electron chi connectivity index (χ0n) is 77.4. The molecule has 15 heteroatoms. The maximum absolute atomic E-state index is 13.6. The van der Waals surface area contributed by atoms with Crippen LogP contribution < -0.4 is 86.9 Å². The van der Waals surface area contributed by atoms with E-state index in [0.29, 0.717) is 22.1 Å². The number of aromatic nitrogens is 9. The SMILES string of the molecule is [Li+].[Li+].[Li+].[O-]c1c(-c2cccc3cc4c(-c5cccc(-c6nc7ccccc7n6-c6ccccc6)c5)cccc4cc23)ccc2ccc[nH+]c12.[O-]c1ccc(-c2cccc3cc4c(-c5cccc(-c6nc7ccccc7n6-c6ccccc6)c5)cccc4cc23)c2ccc[nH+]c12.[O-]c1cccc2ccc(-c3cccc4cc5c(-c6ccc(-c7nc8ccccc8n7-c7ccccc7)cc6)cccc5cc34)[nH+]c12. The van der Waals surface area contributed by atoms with Crippen molar-refractivity contribution in [3.05, 3.63) is 473 Å². The van der Waals surface area contributed by atoms with Crippen molar-refractivity contribution in [2.45, 2.75) is 0 Å². The molecule has 0 saturated carbocycles. The minimum Gasteiger partial charge on any atom is -0.868 e. The molecule has 0 aliphatic carbocycles. The standard InChI is InChI=1S/3C42H27N3O.3Li/c46-41-35(22-21-27-14-9-23-43-40(27)41)34-18-8-12-30-25-36-29(26-37(30)34)11-7-17-33(36)28-10-6-13-31(24-28)42-44-38-19-4-5-20-39(38)45(42)32-15-2-1-3-16-32;46-40-22-21-34(35-18-9-23-43-41(35)40)33-17-8-12-29-25-36-28(26-37(29)33)11-7-16-32(36)27-10-6-13-30(24-27)42-44-38-19-4-5-20-39(38)45(42)31-14-2-1-3-15-31;46-40-18-8-9-28-23-24-37(43-41(28)40)34-15-7-11-31-25-35-30(26-36(31)34)10-6-14-33(35)27-19-21-29(22-20-27)42-44-38-16-4-5-17-39(38)45(42)32-12-2-1-3-13-32;;;/h3*1-26,46H;;;/q;;;3*+1. The first kappa shape index (κ1) is 89.2. The number of pyridine rings is 3. The van der Waals surface area contributed by atoms with Crippen LogP contribution in [-0.2, 0) is 0 Å². The maximum Gasteiger partial charge on any atom is 1.00 e. The van der Waals surface area contributed by atoms with Crippen molar-refractivity contribution in [2.24, 2.45) is 0 Å². The average molecular weight is 1790 g/mol. The summed E-state index contributed by atoms with van der Waals surface area (Å²) in [4.78, 5) is 25.0. The van der Waals surface area contributed by atoms with Crippen molar-refractivity contribution in [2.75, 3.05) is 0 Å². The normalized spacial score (nSPS) is 11.3. The molecule has 0 spiro atoms. The van der Waals surface area contributed by atoms with Gasteiger partial charge in [0.05, 0.1) is 44.0 Å². The van der Waals surface area contributed by atoms with Gasteiger partial charge < -0.3 is 15.3 Å². The molecule has 0 aliphatic rings. The monoisotopic (exact) mass is 1790 g/mol. The molecule has 0 unspecified atom stereocenters. The van der Waals surface area contributed by atoms with E-state index < -0.39 is 0 Å². The van der Waals surface area contributed by atoms with Crippen molar-refractivity contribution in [3.8, 4) is 135 Å². The molecule has 27 aromatic rings. The van der Waals surface area contributed by atoms with Crippen molar-refractivity contribution >= 4 is 130 Å². The topological polar surface area (TPSA) is 165 Å². The molecule has 0 atom stereocenters. The quantitative estimate of drug-likeness (QED) is 0.0872. The molecule has 0 saturated heterocycles. The number of hydrogen-bond donors (Lipinski definition) is 0. The van der Waals surface area contributed by atoms with Crippen molar-refractivity contribution in [3.63, 3.8) is 0 Å². The van der Waals surface area contributed by atoms with Crippen LogP contribution in [0.3, 0.4) is 0 Å². The minimum absolute atomic E-state index is 0.